The lowest BCUT2D eigenvalue weighted by atomic mass is 10.0. The Kier molecular flexibility index (Phi) is 3.93. The third-order valence-electron chi connectivity index (χ3n) is 3.30. The largest absolute Gasteiger partial charge is 0.497 e. The molecule has 0 aromatic carbocycles. The number of ether oxygens (including phenoxy) is 1. The first-order valence-electron chi connectivity index (χ1n) is 6.47. The maximum atomic E-state index is 12.2. The monoisotopic (exact) mass is 257 g/mol. The van der Waals surface area contributed by atoms with Crippen molar-refractivity contribution in [1.29, 1.82) is 0 Å². The zero-order chi connectivity index (χ0) is 12.5. The van der Waals surface area contributed by atoms with Crippen molar-refractivity contribution in [3.63, 3.8) is 0 Å². The highest BCUT2D eigenvalue weighted by Gasteiger charge is 2.39. The highest BCUT2D eigenvalue weighted by molar-refractivity contribution is 7.84. The van der Waals surface area contributed by atoms with Crippen molar-refractivity contribution in [2.45, 2.75) is 63.3 Å². The third kappa shape index (κ3) is 3.55. The summed E-state index contributed by atoms with van der Waals surface area (Å²) in [6.45, 7) is 6.01. The molecule has 2 aliphatic rings. The first-order chi connectivity index (χ1) is 7.98. The van der Waals surface area contributed by atoms with Crippen LogP contribution in [0.3, 0.4) is 0 Å². The van der Waals surface area contributed by atoms with Crippen LogP contribution in [0.2, 0.25) is 0 Å². The lowest BCUT2D eigenvalue weighted by molar-refractivity contribution is 0.0864. The van der Waals surface area contributed by atoms with Gasteiger partial charge in [0.2, 0.25) is 0 Å². The summed E-state index contributed by atoms with van der Waals surface area (Å²) in [5.74, 6) is 0.651. The summed E-state index contributed by atoms with van der Waals surface area (Å²) < 4.78 is 20.9. The number of allylic oxidation sites excluding steroid dienone is 1. The Bertz CT molecular complexity index is 318. The van der Waals surface area contributed by atoms with Crippen molar-refractivity contribution >= 4 is 11.0 Å². The van der Waals surface area contributed by atoms with Crippen LogP contribution >= 0.6 is 0 Å². The average Bonchev–Trinajstić information content (AvgIpc) is 3.09. The summed E-state index contributed by atoms with van der Waals surface area (Å²) in [6, 6.07) is 0.250. The maximum Gasteiger partial charge on any atom is 0.115 e. The number of hydrogen-bond acceptors (Lipinski definition) is 2. The minimum absolute atomic E-state index is 0.193. The smallest absolute Gasteiger partial charge is 0.115 e. The van der Waals surface area contributed by atoms with Crippen LogP contribution in [0.4, 0.5) is 0 Å². The molecule has 0 aromatic heterocycles. The molecule has 0 amide bonds. The third-order valence-corrected chi connectivity index (χ3v) is 4.90. The molecule has 0 spiro atoms. The molecular formula is C13H23NO2S. The second kappa shape index (κ2) is 5.11. The number of rotatable bonds is 4. The van der Waals surface area contributed by atoms with Crippen LogP contribution < -0.4 is 4.72 Å². The molecule has 0 radical (unpaired) electrons. The van der Waals surface area contributed by atoms with E-state index in [0.717, 1.165) is 12.8 Å². The first-order valence-corrected chi connectivity index (χ1v) is 7.62. The second-order valence-corrected chi connectivity index (χ2v) is 7.98. The molecule has 0 aromatic rings. The van der Waals surface area contributed by atoms with Crippen LogP contribution in [0.15, 0.2) is 12.3 Å². The van der Waals surface area contributed by atoms with E-state index in [1.165, 1.54) is 12.8 Å². The van der Waals surface area contributed by atoms with Gasteiger partial charge in [-0.3, -0.25) is 0 Å². The van der Waals surface area contributed by atoms with Gasteiger partial charge in [-0.2, -0.15) is 0 Å². The Balaban J connectivity index is 1.98. The summed E-state index contributed by atoms with van der Waals surface area (Å²) in [5, 5.41) is 0. The van der Waals surface area contributed by atoms with Crippen LogP contribution in [0, 0.1) is 5.92 Å². The zero-order valence-electron chi connectivity index (χ0n) is 10.9. The van der Waals surface area contributed by atoms with Gasteiger partial charge in [0, 0.05) is 0 Å². The Hall–Kier alpha value is -0.350. The molecule has 1 heterocycles. The Labute approximate surface area is 107 Å². The minimum Gasteiger partial charge on any atom is -0.497 e. The Morgan fingerprint density at radius 3 is 2.53 bits per heavy atom. The van der Waals surface area contributed by atoms with E-state index in [-0.39, 0.29) is 16.9 Å². The van der Waals surface area contributed by atoms with E-state index in [1.807, 2.05) is 20.8 Å². The molecule has 1 N–H and O–H groups in total. The van der Waals surface area contributed by atoms with Gasteiger partial charge >= 0.3 is 0 Å². The van der Waals surface area contributed by atoms with Crippen molar-refractivity contribution in [3.8, 4) is 0 Å². The molecule has 1 saturated carbocycles. The lowest BCUT2D eigenvalue weighted by Crippen LogP contribution is -2.48. The molecule has 3 nitrogen and oxygen atoms in total. The van der Waals surface area contributed by atoms with Crippen LogP contribution in [0.5, 0.6) is 0 Å². The van der Waals surface area contributed by atoms with E-state index in [9.17, 15) is 4.21 Å². The van der Waals surface area contributed by atoms with E-state index < -0.39 is 11.0 Å². The Morgan fingerprint density at radius 2 is 2.06 bits per heavy atom. The summed E-state index contributed by atoms with van der Waals surface area (Å²) in [5.41, 5.74) is 0. The highest BCUT2D eigenvalue weighted by Crippen LogP contribution is 2.37. The van der Waals surface area contributed by atoms with Gasteiger partial charge in [-0.05, 0) is 58.4 Å². The molecule has 1 aliphatic carbocycles. The summed E-state index contributed by atoms with van der Waals surface area (Å²) >= 11 is 0. The minimum atomic E-state index is -1.00. The van der Waals surface area contributed by atoms with Gasteiger partial charge in [0.1, 0.15) is 6.10 Å². The molecule has 4 heteroatoms. The molecule has 98 valence electrons. The quantitative estimate of drug-likeness (QED) is 0.840. The zero-order valence-corrected chi connectivity index (χ0v) is 11.8. The summed E-state index contributed by atoms with van der Waals surface area (Å²) in [6.07, 6.45) is 8.63. The number of nitrogens with one attached hydrogen (secondary N) is 1. The van der Waals surface area contributed by atoms with Crippen LogP contribution in [-0.2, 0) is 15.7 Å². The van der Waals surface area contributed by atoms with Crippen molar-refractivity contribution < 1.29 is 8.95 Å². The number of hydrogen-bond donors (Lipinski definition) is 1. The van der Waals surface area contributed by atoms with Crippen molar-refractivity contribution in [1.82, 2.24) is 4.72 Å². The first kappa shape index (κ1) is 13.1. The standard InChI is InChI=1S/C13H23NO2S/c1-13(2,3)17(15)14-12(10-7-8-10)11-6-4-5-9-16-11/h5,9-12,14H,4,6-8H2,1-3H3/t11-,12-,17+/m0/s1. The van der Waals surface area contributed by atoms with Gasteiger partial charge < -0.3 is 4.74 Å². The van der Waals surface area contributed by atoms with E-state index in [1.54, 1.807) is 6.26 Å². The molecule has 3 atom stereocenters. The predicted molar refractivity (Wildman–Crippen MR) is 70.8 cm³/mol. The normalized spacial score (nSPS) is 28.5. The fraction of sp³-hybridized carbons (Fsp3) is 0.846. The van der Waals surface area contributed by atoms with E-state index >= 15 is 0 Å². The van der Waals surface area contributed by atoms with Crippen LogP contribution in [-0.4, -0.2) is 21.1 Å². The predicted octanol–water partition coefficient (Wildman–Crippen LogP) is 2.51. The fourth-order valence-corrected chi connectivity index (χ4v) is 2.99. The van der Waals surface area contributed by atoms with Gasteiger partial charge in [0.25, 0.3) is 0 Å². The summed E-state index contributed by atoms with van der Waals surface area (Å²) in [4.78, 5) is 0. The lowest BCUT2D eigenvalue weighted by Gasteiger charge is -2.31. The van der Waals surface area contributed by atoms with Gasteiger partial charge in [-0.25, -0.2) is 8.93 Å². The van der Waals surface area contributed by atoms with Crippen LogP contribution in [0.25, 0.3) is 0 Å². The molecule has 0 saturated heterocycles. The summed E-state index contributed by atoms with van der Waals surface area (Å²) in [7, 11) is -1.00. The molecule has 0 bridgehead atoms. The molecule has 0 unspecified atom stereocenters. The average molecular weight is 257 g/mol. The van der Waals surface area contributed by atoms with Gasteiger partial charge in [0.15, 0.2) is 0 Å². The van der Waals surface area contributed by atoms with Crippen LogP contribution in [0.1, 0.15) is 46.5 Å². The molecule has 1 fully saturated rings. The second-order valence-electron chi connectivity index (χ2n) is 5.99. The van der Waals surface area contributed by atoms with Gasteiger partial charge in [-0.15, -0.1) is 0 Å². The van der Waals surface area contributed by atoms with E-state index in [4.69, 9.17) is 4.74 Å². The topological polar surface area (TPSA) is 38.3 Å². The van der Waals surface area contributed by atoms with Crippen molar-refractivity contribution in [2.75, 3.05) is 0 Å². The van der Waals surface area contributed by atoms with E-state index in [2.05, 4.69) is 10.8 Å². The fourth-order valence-electron chi connectivity index (χ4n) is 2.05. The van der Waals surface area contributed by atoms with Gasteiger partial charge in [0.05, 0.1) is 28.0 Å². The Morgan fingerprint density at radius 1 is 1.35 bits per heavy atom. The molecule has 1 aliphatic heterocycles. The van der Waals surface area contributed by atoms with Gasteiger partial charge in [-0.1, -0.05) is 0 Å². The SMILES string of the molecule is CC(C)(C)[S@@](=O)N[C@@H](C1CC1)[C@@H]1CCC=CO1. The van der Waals surface area contributed by atoms with Crippen molar-refractivity contribution in [3.05, 3.63) is 12.3 Å². The highest BCUT2D eigenvalue weighted by atomic mass is 32.2. The maximum absolute atomic E-state index is 12.2. The molecule has 17 heavy (non-hydrogen) atoms. The molecule has 2 rings (SSSR count). The van der Waals surface area contributed by atoms with Crippen molar-refractivity contribution in [2.24, 2.45) is 5.92 Å². The molecular weight excluding hydrogens is 234 g/mol. The van der Waals surface area contributed by atoms with E-state index in [0.29, 0.717) is 5.92 Å².